The second-order valence-corrected chi connectivity index (χ2v) is 7.97. The minimum absolute atomic E-state index is 0.0864. The molecular weight excluding hydrogens is 539 g/mol. The van der Waals surface area contributed by atoms with Crippen LogP contribution in [0.1, 0.15) is 17.0 Å². The Morgan fingerprint density at radius 1 is 0.868 bits per heavy atom. The third kappa shape index (κ3) is 7.50. The fourth-order valence-electron chi connectivity index (χ4n) is 3.66. The summed E-state index contributed by atoms with van der Waals surface area (Å²) in [5.74, 6) is -1.42. The lowest BCUT2D eigenvalue weighted by Gasteiger charge is -2.37. The largest absolute Gasteiger partial charge is 0.573 e. The highest BCUT2D eigenvalue weighted by atomic mass is 19.4. The Labute approximate surface area is 208 Å². The average Bonchev–Trinajstić information content (AvgIpc) is 3.18. The molecule has 16 heteroatoms. The van der Waals surface area contributed by atoms with Crippen molar-refractivity contribution >= 4 is 0 Å². The van der Waals surface area contributed by atoms with Gasteiger partial charge in [0.25, 0.3) is 0 Å². The number of benzene rings is 2. The number of hydrogen-bond acceptors (Lipinski definition) is 6. The van der Waals surface area contributed by atoms with E-state index < -0.39 is 55.0 Å². The van der Waals surface area contributed by atoms with E-state index >= 15 is 0 Å². The van der Waals surface area contributed by atoms with Gasteiger partial charge in [-0.2, -0.15) is 18.3 Å². The van der Waals surface area contributed by atoms with Gasteiger partial charge in [-0.1, -0.05) is 24.3 Å². The molecule has 0 saturated carbocycles. The van der Waals surface area contributed by atoms with Crippen LogP contribution in [0.4, 0.5) is 39.5 Å². The molecule has 0 aliphatic heterocycles. The normalized spacial score (nSPS) is 13.9. The quantitative estimate of drug-likeness (QED) is 0.374. The highest BCUT2D eigenvalue weighted by Crippen LogP contribution is 2.38. The molecule has 0 bridgehead atoms. The molecule has 1 atom stereocenters. The number of nitrogens with one attached hydrogen (secondary N) is 1. The molecule has 3 rings (SSSR count). The number of nitrogens with zero attached hydrogens (tertiary/aromatic N) is 3. The summed E-state index contributed by atoms with van der Waals surface area (Å²) in [6.45, 7) is -1.20. The van der Waals surface area contributed by atoms with E-state index in [1.807, 2.05) is 0 Å². The van der Waals surface area contributed by atoms with Crippen molar-refractivity contribution in [3.05, 3.63) is 71.8 Å². The Bertz CT molecular complexity index is 1170. The highest BCUT2D eigenvalue weighted by Gasteiger charge is 2.43. The van der Waals surface area contributed by atoms with Gasteiger partial charge in [-0.15, -0.1) is 26.3 Å². The molecule has 0 saturated heterocycles. The lowest BCUT2D eigenvalue weighted by molar-refractivity contribution is -0.275. The average molecular weight is 558 g/mol. The number of aryl methyl sites for hydroxylation is 1. The Morgan fingerprint density at radius 2 is 1.37 bits per heavy atom. The van der Waals surface area contributed by atoms with Crippen LogP contribution in [0.2, 0.25) is 0 Å². The van der Waals surface area contributed by atoms with E-state index in [1.165, 1.54) is 23.9 Å². The summed E-state index contributed by atoms with van der Waals surface area (Å²) in [5.41, 5.74) is -2.30. The monoisotopic (exact) mass is 558 g/mol. The second kappa shape index (κ2) is 10.7. The first-order chi connectivity index (χ1) is 17.5. The van der Waals surface area contributed by atoms with Crippen molar-refractivity contribution < 1.29 is 54.1 Å². The van der Waals surface area contributed by atoms with E-state index in [4.69, 9.17) is 0 Å². The lowest BCUT2D eigenvalue weighted by atomic mass is 9.79. The predicted molar refractivity (Wildman–Crippen MR) is 112 cm³/mol. The maximum atomic E-state index is 13.2. The van der Waals surface area contributed by atoms with Crippen molar-refractivity contribution in [1.82, 2.24) is 20.1 Å². The number of hydrogen-bond donors (Lipinski definition) is 2. The first kappa shape index (κ1) is 29.0. The zero-order valence-corrected chi connectivity index (χ0v) is 19.2. The smallest absolute Gasteiger partial charge is 0.406 e. The molecule has 0 aliphatic carbocycles. The van der Waals surface area contributed by atoms with E-state index in [1.54, 1.807) is 0 Å². The highest BCUT2D eigenvalue weighted by molar-refractivity contribution is 5.45. The summed E-state index contributed by atoms with van der Waals surface area (Å²) in [4.78, 5) is 4.00. The first-order valence-corrected chi connectivity index (χ1v) is 10.5. The van der Waals surface area contributed by atoms with Crippen LogP contribution in [0.15, 0.2) is 54.9 Å². The van der Waals surface area contributed by atoms with E-state index in [9.17, 15) is 44.6 Å². The lowest BCUT2D eigenvalue weighted by Crippen LogP contribution is -2.51. The molecule has 0 aliphatic rings. The zero-order chi connectivity index (χ0) is 28.4. The Morgan fingerprint density at radius 3 is 1.76 bits per heavy atom. The van der Waals surface area contributed by atoms with E-state index in [0.717, 1.165) is 42.7 Å². The van der Waals surface area contributed by atoms with Crippen molar-refractivity contribution in [3.8, 4) is 11.5 Å². The van der Waals surface area contributed by atoms with Gasteiger partial charge in [0.15, 0.2) is 6.10 Å². The Balaban J connectivity index is 2.24. The standard InChI is InChI=1S/C22H19F9N4O3/c1-35-18(32-12-34-35)10-19(33-11-17(36)20(23,24)25,13-4-2-6-15(8-13)37-21(26,27)28)14-5-3-7-16(9-14)38-22(29,30)31/h2-9,12,17,33,36H,10-11H2,1H3/t17-/m1/s1. The molecule has 0 fully saturated rings. The van der Waals surface area contributed by atoms with Gasteiger partial charge in [-0.05, 0) is 35.4 Å². The number of ether oxygens (including phenoxy) is 2. The van der Waals surface area contributed by atoms with E-state index in [-0.39, 0.29) is 17.0 Å². The minimum Gasteiger partial charge on any atom is -0.406 e. The summed E-state index contributed by atoms with van der Waals surface area (Å²) in [7, 11) is 1.42. The number of alkyl halides is 9. The fourth-order valence-corrected chi connectivity index (χ4v) is 3.66. The van der Waals surface area contributed by atoms with E-state index in [2.05, 4.69) is 24.9 Å². The summed E-state index contributed by atoms with van der Waals surface area (Å²) >= 11 is 0. The Hall–Kier alpha value is -3.53. The van der Waals surface area contributed by atoms with Crippen LogP contribution in [0.3, 0.4) is 0 Å². The molecule has 208 valence electrons. The van der Waals surface area contributed by atoms with Gasteiger partial charge in [0.05, 0.1) is 5.54 Å². The Kier molecular flexibility index (Phi) is 8.16. The molecule has 0 spiro atoms. The molecule has 1 aromatic heterocycles. The first-order valence-electron chi connectivity index (χ1n) is 10.5. The number of aromatic nitrogens is 3. The molecule has 2 aromatic carbocycles. The number of aliphatic hydroxyl groups excluding tert-OH is 1. The number of rotatable bonds is 9. The molecule has 3 aromatic rings. The molecular formula is C22H19F9N4O3. The van der Waals surface area contributed by atoms with Crippen LogP contribution in [0.25, 0.3) is 0 Å². The van der Waals surface area contributed by atoms with Gasteiger partial charge >= 0.3 is 18.9 Å². The van der Waals surface area contributed by atoms with Crippen molar-refractivity contribution in [2.75, 3.05) is 6.54 Å². The summed E-state index contributed by atoms with van der Waals surface area (Å²) in [6.07, 6.45) is -17.6. The third-order valence-electron chi connectivity index (χ3n) is 5.32. The van der Waals surface area contributed by atoms with Crippen molar-refractivity contribution in [3.63, 3.8) is 0 Å². The SMILES string of the molecule is Cn1ncnc1CC(NC[C@@H](O)C(F)(F)F)(c1cccc(OC(F)(F)F)c1)c1cccc(OC(F)(F)F)c1. The summed E-state index contributed by atoms with van der Waals surface area (Å²) in [5, 5.41) is 16.0. The van der Waals surface area contributed by atoms with Crippen LogP contribution in [-0.4, -0.2) is 51.4 Å². The molecule has 0 amide bonds. The molecule has 1 heterocycles. The summed E-state index contributed by atoms with van der Waals surface area (Å²) < 4.78 is 126. The third-order valence-corrected chi connectivity index (χ3v) is 5.32. The molecule has 0 unspecified atom stereocenters. The van der Waals surface area contributed by atoms with Gasteiger partial charge in [0, 0.05) is 20.0 Å². The van der Waals surface area contributed by atoms with Gasteiger partial charge < -0.3 is 19.9 Å². The van der Waals surface area contributed by atoms with Gasteiger partial charge in [-0.25, -0.2) is 4.98 Å². The molecule has 0 radical (unpaired) electrons. The van der Waals surface area contributed by atoms with Gasteiger partial charge in [0.2, 0.25) is 0 Å². The van der Waals surface area contributed by atoms with Crippen LogP contribution in [0, 0.1) is 0 Å². The molecule has 2 N–H and O–H groups in total. The van der Waals surface area contributed by atoms with Gasteiger partial charge in [0.1, 0.15) is 23.7 Å². The molecule has 7 nitrogen and oxygen atoms in total. The van der Waals surface area contributed by atoms with Crippen molar-refractivity contribution in [2.24, 2.45) is 7.05 Å². The van der Waals surface area contributed by atoms with Crippen molar-refractivity contribution in [2.45, 2.75) is 37.0 Å². The topological polar surface area (TPSA) is 81.4 Å². The van der Waals surface area contributed by atoms with Gasteiger partial charge in [-0.3, -0.25) is 4.68 Å². The summed E-state index contributed by atoms with van der Waals surface area (Å²) in [6, 6.07) is 8.24. The van der Waals surface area contributed by atoms with Crippen LogP contribution in [-0.2, 0) is 19.0 Å². The fraction of sp³-hybridized carbons (Fsp3) is 0.364. The van der Waals surface area contributed by atoms with Crippen molar-refractivity contribution in [1.29, 1.82) is 0 Å². The maximum absolute atomic E-state index is 13.2. The maximum Gasteiger partial charge on any atom is 0.573 e. The van der Waals surface area contributed by atoms with Crippen LogP contribution in [0.5, 0.6) is 11.5 Å². The van der Waals surface area contributed by atoms with Crippen LogP contribution < -0.4 is 14.8 Å². The van der Waals surface area contributed by atoms with Crippen LogP contribution >= 0.6 is 0 Å². The zero-order valence-electron chi connectivity index (χ0n) is 19.2. The predicted octanol–water partition coefficient (Wildman–Crippen LogP) is 4.61. The molecule has 38 heavy (non-hydrogen) atoms. The minimum atomic E-state index is -5.12. The number of aliphatic hydroxyl groups is 1. The second-order valence-electron chi connectivity index (χ2n) is 7.97. The van der Waals surface area contributed by atoms with E-state index in [0.29, 0.717) is 0 Å². The number of halogens is 9.